The van der Waals surface area contributed by atoms with Gasteiger partial charge in [-0.1, -0.05) is 18.2 Å². The van der Waals surface area contributed by atoms with Crippen molar-refractivity contribution in [3.05, 3.63) is 29.8 Å². The summed E-state index contributed by atoms with van der Waals surface area (Å²) in [4.78, 5) is 4.62. The number of aliphatic hydroxyl groups is 1. The fourth-order valence-corrected chi connectivity index (χ4v) is 4.21. The molecule has 0 amide bonds. The van der Waals surface area contributed by atoms with E-state index in [4.69, 9.17) is 4.74 Å². The van der Waals surface area contributed by atoms with E-state index in [-0.39, 0.29) is 6.04 Å². The molecular weight excluding hydrogens is 310 g/mol. The number of ether oxygens (including phenoxy) is 1. The molecule has 6 heteroatoms. The summed E-state index contributed by atoms with van der Waals surface area (Å²) >= 11 is 1.80. The summed E-state index contributed by atoms with van der Waals surface area (Å²) in [6.07, 6.45) is 1.72. The van der Waals surface area contributed by atoms with Gasteiger partial charge in [-0.2, -0.15) is 11.8 Å². The Balaban J connectivity index is 1.70. The van der Waals surface area contributed by atoms with Crippen LogP contribution in [0.4, 0.5) is 0 Å². The molecule has 0 aromatic heterocycles. The van der Waals surface area contributed by atoms with E-state index in [9.17, 15) is 5.11 Å². The molecule has 126 valence electrons. The van der Waals surface area contributed by atoms with Crippen LogP contribution in [0.2, 0.25) is 0 Å². The molecule has 0 radical (unpaired) electrons. The van der Waals surface area contributed by atoms with Crippen LogP contribution in [0.15, 0.2) is 29.3 Å². The normalized spacial score (nSPS) is 27.2. The van der Waals surface area contributed by atoms with E-state index in [2.05, 4.69) is 28.6 Å². The number of hydrogen-bond acceptors (Lipinski definition) is 4. The maximum absolute atomic E-state index is 10.5. The first-order valence-electron chi connectivity index (χ1n) is 8.27. The van der Waals surface area contributed by atoms with E-state index < -0.39 is 5.60 Å². The van der Waals surface area contributed by atoms with Gasteiger partial charge in [0.15, 0.2) is 5.96 Å². The van der Waals surface area contributed by atoms with Gasteiger partial charge in [0, 0.05) is 24.3 Å². The van der Waals surface area contributed by atoms with Crippen LogP contribution in [-0.2, 0) is 0 Å². The number of para-hydroxylation sites is 1. The van der Waals surface area contributed by atoms with E-state index in [1.165, 1.54) is 5.56 Å². The predicted molar refractivity (Wildman–Crippen MR) is 95.3 cm³/mol. The van der Waals surface area contributed by atoms with Gasteiger partial charge >= 0.3 is 0 Å². The Morgan fingerprint density at radius 3 is 3.13 bits per heavy atom. The monoisotopic (exact) mass is 335 g/mol. The van der Waals surface area contributed by atoms with Crippen LogP contribution in [0.1, 0.15) is 31.4 Å². The Bertz CT molecular complexity index is 559. The lowest BCUT2D eigenvalue weighted by Gasteiger charge is -2.28. The second-order valence-electron chi connectivity index (χ2n) is 6.09. The lowest BCUT2D eigenvalue weighted by molar-refractivity contribution is 0.0778. The fraction of sp³-hybridized carbons (Fsp3) is 0.588. The van der Waals surface area contributed by atoms with Crippen LogP contribution in [0.5, 0.6) is 5.75 Å². The topological polar surface area (TPSA) is 65.9 Å². The van der Waals surface area contributed by atoms with Gasteiger partial charge in [0.05, 0.1) is 24.8 Å². The summed E-state index contributed by atoms with van der Waals surface area (Å²) < 4.78 is 5.71. The summed E-state index contributed by atoms with van der Waals surface area (Å²) in [5.74, 6) is 3.50. The Hall–Kier alpha value is -1.40. The quantitative estimate of drug-likeness (QED) is 0.580. The third-order valence-electron chi connectivity index (χ3n) is 4.23. The summed E-state index contributed by atoms with van der Waals surface area (Å²) in [5.41, 5.74) is 0.514. The Morgan fingerprint density at radius 1 is 1.48 bits per heavy atom. The van der Waals surface area contributed by atoms with Crippen molar-refractivity contribution in [2.75, 3.05) is 31.2 Å². The van der Waals surface area contributed by atoms with Crippen molar-refractivity contribution in [1.82, 2.24) is 10.6 Å². The van der Waals surface area contributed by atoms with Gasteiger partial charge < -0.3 is 20.5 Å². The van der Waals surface area contributed by atoms with Crippen molar-refractivity contribution in [2.45, 2.75) is 31.4 Å². The first-order chi connectivity index (χ1) is 11.2. The van der Waals surface area contributed by atoms with Gasteiger partial charge in [-0.05, 0) is 25.2 Å². The summed E-state index contributed by atoms with van der Waals surface area (Å²) in [7, 11) is 0. The highest BCUT2D eigenvalue weighted by Crippen LogP contribution is 2.31. The average molecular weight is 335 g/mol. The molecule has 3 rings (SSSR count). The highest BCUT2D eigenvalue weighted by atomic mass is 32.2. The maximum atomic E-state index is 10.5. The zero-order valence-corrected chi connectivity index (χ0v) is 14.4. The summed E-state index contributed by atoms with van der Waals surface area (Å²) in [6.45, 7) is 3.99. The van der Waals surface area contributed by atoms with Gasteiger partial charge in [0.25, 0.3) is 0 Å². The van der Waals surface area contributed by atoms with Crippen LogP contribution in [-0.4, -0.2) is 47.9 Å². The number of guanidine groups is 1. The molecule has 2 aliphatic rings. The van der Waals surface area contributed by atoms with E-state index in [0.29, 0.717) is 13.2 Å². The SMILES string of the molecule is CCNC(=NCC1(O)CCSC1)NC1CCOc2ccccc21. The number of hydrogen-bond donors (Lipinski definition) is 3. The Labute approximate surface area is 141 Å². The molecule has 0 bridgehead atoms. The third kappa shape index (κ3) is 4.12. The molecule has 1 saturated heterocycles. The van der Waals surface area contributed by atoms with Gasteiger partial charge in [0.1, 0.15) is 5.75 Å². The summed E-state index contributed by atoms with van der Waals surface area (Å²) in [5, 5.41) is 17.2. The van der Waals surface area contributed by atoms with Gasteiger partial charge in [-0.15, -0.1) is 0 Å². The van der Waals surface area contributed by atoms with Crippen LogP contribution in [0.3, 0.4) is 0 Å². The van der Waals surface area contributed by atoms with Crippen molar-refractivity contribution >= 4 is 17.7 Å². The molecule has 0 saturated carbocycles. The number of benzene rings is 1. The molecule has 1 aromatic carbocycles. The van der Waals surface area contributed by atoms with Crippen molar-refractivity contribution in [3.63, 3.8) is 0 Å². The summed E-state index contributed by atoms with van der Waals surface area (Å²) in [6, 6.07) is 8.31. The second-order valence-corrected chi connectivity index (χ2v) is 7.20. The fourth-order valence-electron chi connectivity index (χ4n) is 2.92. The Kier molecular flexibility index (Phi) is 5.33. The van der Waals surface area contributed by atoms with Crippen molar-refractivity contribution < 1.29 is 9.84 Å². The molecule has 2 unspecified atom stereocenters. The van der Waals surface area contributed by atoms with E-state index in [0.717, 1.165) is 42.6 Å². The molecule has 2 aliphatic heterocycles. The molecule has 3 N–H and O–H groups in total. The van der Waals surface area contributed by atoms with E-state index in [1.54, 1.807) is 11.8 Å². The predicted octanol–water partition coefficient (Wildman–Crippen LogP) is 1.93. The minimum Gasteiger partial charge on any atom is -0.493 e. The van der Waals surface area contributed by atoms with Crippen molar-refractivity contribution in [2.24, 2.45) is 4.99 Å². The molecule has 1 fully saturated rings. The largest absolute Gasteiger partial charge is 0.493 e. The van der Waals surface area contributed by atoms with Crippen LogP contribution in [0, 0.1) is 0 Å². The zero-order chi connectivity index (χ0) is 16.1. The zero-order valence-electron chi connectivity index (χ0n) is 13.5. The van der Waals surface area contributed by atoms with E-state index in [1.807, 2.05) is 18.2 Å². The van der Waals surface area contributed by atoms with E-state index >= 15 is 0 Å². The molecular formula is C17H25N3O2S. The first kappa shape index (κ1) is 16.5. The molecule has 2 heterocycles. The standard InChI is InChI=1S/C17H25N3O2S/c1-2-18-16(19-11-17(21)8-10-23-12-17)20-14-7-9-22-15-6-4-3-5-13(14)15/h3-6,14,21H,2,7-12H2,1H3,(H2,18,19,20). The molecule has 2 atom stereocenters. The minimum atomic E-state index is -0.652. The van der Waals surface area contributed by atoms with Crippen molar-refractivity contribution in [3.8, 4) is 5.75 Å². The van der Waals surface area contributed by atoms with Crippen molar-refractivity contribution in [1.29, 1.82) is 0 Å². The third-order valence-corrected chi connectivity index (χ3v) is 5.46. The highest BCUT2D eigenvalue weighted by molar-refractivity contribution is 7.99. The number of nitrogens with one attached hydrogen (secondary N) is 2. The van der Waals surface area contributed by atoms with Gasteiger partial charge in [0.2, 0.25) is 0 Å². The molecule has 23 heavy (non-hydrogen) atoms. The number of nitrogens with zero attached hydrogens (tertiary/aromatic N) is 1. The Morgan fingerprint density at radius 2 is 2.35 bits per heavy atom. The first-order valence-corrected chi connectivity index (χ1v) is 9.42. The van der Waals surface area contributed by atoms with Gasteiger partial charge in [-0.3, -0.25) is 4.99 Å². The molecule has 1 aromatic rings. The molecule has 0 aliphatic carbocycles. The number of rotatable bonds is 4. The molecule has 5 nitrogen and oxygen atoms in total. The minimum absolute atomic E-state index is 0.186. The second kappa shape index (κ2) is 7.45. The number of fused-ring (bicyclic) bond motifs is 1. The lowest BCUT2D eigenvalue weighted by Crippen LogP contribution is -2.42. The maximum Gasteiger partial charge on any atom is 0.191 e. The number of thioether (sulfide) groups is 1. The van der Waals surface area contributed by atoms with Crippen LogP contribution >= 0.6 is 11.8 Å². The highest BCUT2D eigenvalue weighted by Gasteiger charge is 2.31. The van der Waals surface area contributed by atoms with Gasteiger partial charge in [-0.25, -0.2) is 0 Å². The molecule has 0 spiro atoms. The average Bonchev–Trinajstić information content (AvgIpc) is 3.00. The smallest absolute Gasteiger partial charge is 0.191 e. The number of aliphatic imine (C=N–C) groups is 1. The van der Waals surface area contributed by atoms with Crippen LogP contribution < -0.4 is 15.4 Å². The lowest BCUT2D eigenvalue weighted by atomic mass is 10.0. The van der Waals surface area contributed by atoms with Crippen LogP contribution in [0.25, 0.3) is 0 Å².